The van der Waals surface area contributed by atoms with E-state index >= 15 is 0 Å². The second-order valence-electron chi connectivity index (χ2n) is 5.94. The molecule has 25 heavy (non-hydrogen) atoms. The van der Waals surface area contributed by atoms with E-state index in [1.54, 1.807) is 17.2 Å². The standard InChI is InChI=1S/C19H20ClN3O2/c1-14-7-8-15(11-18(14)20)21-19(24)23(13-17-6-4-10-25-17)12-16-5-3-9-22(16)2/h3-11H,12-13H2,1-2H3,(H,21,24). The van der Waals surface area contributed by atoms with E-state index < -0.39 is 0 Å². The Hall–Kier alpha value is -2.66. The fraction of sp³-hybridized carbons (Fsp3) is 0.211. The number of hydrogen-bond donors (Lipinski definition) is 1. The number of anilines is 1. The minimum absolute atomic E-state index is 0.211. The van der Waals surface area contributed by atoms with Crippen LogP contribution in [0.3, 0.4) is 0 Å². The number of benzene rings is 1. The van der Waals surface area contributed by atoms with E-state index in [4.69, 9.17) is 16.0 Å². The Morgan fingerprint density at radius 1 is 1.24 bits per heavy atom. The first-order valence-electron chi connectivity index (χ1n) is 7.97. The van der Waals surface area contributed by atoms with Crippen LogP contribution in [0.1, 0.15) is 17.0 Å². The number of carbonyl (C=O) groups is 1. The third-order valence-electron chi connectivity index (χ3n) is 4.04. The van der Waals surface area contributed by atoms with E-state index in [-0.39, 0.29) is 6.03 Å². The molecule has 0 radical (unpaired) electrons. The zero-order valence-corrected chi connectivity index (χ0v) is 15.0. The highest BCUT2D eigenvalue weighted by molar-refractivity contribution is 6.31. The Bertz CT molecular complexity index is 855. The molecule has 1 aromatic carbocycles. The number of nitrogens with one attached hydrogen (secondary N) is 1. The molecule has 0 aliphatic rings. The van der Waals surface area contributed by atoms with Crippen LogP contribution in [0.2, 0.25) is 5.02 Å². The largest absolute Gasteiger partial charge is 0.467 e. The lowest BCUT2D eigenvalue weighted by Crippen LogP contribution is -2.34. The van der Waals surface area contributed by atoms with Crippen molar-refractivity contribution in [2.24, 2.45) is 7.05 Å². The summed E-state index contributed by atoms with van der Waals surface area (Å²) in [4.78, 5) is 14.5. The topological polar surface area (TPSA) is 50.4 Å². The highest BCUT2D eigenvalue weighted by atomic mass is 35.5. The first kappa shape index (κ1) is 17.2. The molecule has 0 saturated carbocycles. The van der Waals surface area contributed by atoms with Gasteiger partial charge < -0.3 is 19.2 Å². The van der Waals surface area contributed by atoms with E-state index in [0.717, 1.165) is 17.0 Å². The van der Waals surface area contributed by atoms with Crippen molar-refractivity contribution in [2.45, 2.75) is 20.0 Å². The van der Waals surface area contributed by atoms with Crippen molar-refractivity contribution < 1.29 is 9.21 Å². The van der Waals surface area contributed by atoms with Crippen LogP contribution in [-0.4, -0.2) is 15.5 Å². The van der Waals surface area contributed by atoms with Crippen LogP contribution in [0.5, 0.6) is 0 Å². The average Bonchev–Trinajstić information content (AvgIpc) is 3.23. The molecule has 0 bridgehead atoms. The van der Waals surface area contributed by atoms with Crippen molar-refractivity contribution in [1.29, 1.82) is 0 Å². The summed E-state index contributed by atoms with van der Waals surface area (Å²) in [6.07, 6.45) is 3.56. The quantitative estimate of drug-likeness (QED) is 0.712. The van der Waals surface area contributed by atoms with Gasteiger partial charge in [-0.1, -0.05) is 17.7 Å². The Kier molecular flexibility index (Phi) is 5.14. The first-order valence-corrected chi connectivity index (χ1v) is 8.35. The van der Waals surface area contributed by atoms with Crippen molar-refractivity contribution in [3.8, 4) is 0 Å². The van der Waals surface area contributed by atoms with E-state index in [0.29, 0.717) is 23.8 Å². The van der Waals surface area contributed by atoms with Crippen LogP contribution in [0.25, 0.3) is 0 Å². The monoisotopic (exact) mass is 357 g/mol. The van der Waals surface area contributed by atoms with Gasteiger partial charge in [-0.15, -0.1) is 0 Å². The third-order valence-corrected chi connectivity index (χ3v) is 4.45. The van der Waals surface area contributed by atoms with Crippen molar-refractivity contribution in [2.75, 3.05) is 5.32 Å². The molecule has 2 heterocycles. The van der Waals surface area contributed by atoms with Gasteiger partial charge in [-0.05, 0) is 48.9 Å². The van der Waals surface area contributed by atoms with Gasteiger partial charge in [-0.3, -0.25) is 0 Å². The summed E-state index contributed by atoms with van der Waals surface area (Å²) in [5.74, 6) is 0.728. The number of nitrogens with zero attached hydrogens (tertiary/aromatic N) is 2. The van der Waals surface area contributed by atoms with Gasteiger partial charge in [-0.25, -0.2) is 4.79 Å². The summed E-state index contributed by atoms with van der Waals surface area (Å²) in [5.41, 5.74) is 2.66. The van der Waals surface area contributed by atoms with Crippen molar-refractivity contribution in [3.05, 3.63) is 77.0 Å². The molecule has 5 nitrogen and oxygen atoms in total. The molecule has 0 fully saturated rings. The number of rotatable bonds is 5. The van der Waals surface area contributed by atoms with Crippen LogP contribution in [0.15, 0.2) is 59.3 Å². The minimum atomic E-state index is -0.211. The molecule has 0 aliphatic carbocycles. The van der Waals surface area contributed by atoms with Crippen LogP contribution in [0, 0.1) is 6.92 Å². The van der Waals surface area contributed by atoms with Crippen LogP contribution in [0.4, 0.5) is 10.5 Å². The average molecular weight is 358 g/mol. The second kappa shape index (κ2) is 7.49. The molecule has 3 aromatic rings. The third kappa shape index (κ3) is 4.25. The summed E-state index contributed by atoms with van der Waals surface area (Å²) in [5, 5.41) is 3.53. The molecule has 0 saturated heterocycles. The summed E-state index contributed by atoms with van der Waals surface area (Å²) >= 11 is 6.14. The summed E-state index contributed by atoms with van der Waals surface area (Å²) in [6.45, 7) is 2.77. The van der Waals surface area contributed by atoms with Crippen molar-refractivity contribution >= 4 is 23.3 Å². The lowest BCUT2D eigenvalue weighted by atomic mass is 10.2. The van der Waals surface area contributed by atoms with Crippen LogP contribution >= 0.6 is 11.6 Å². The van der Waals surface area contributed by atoms with Gasteiger partial charge in [0.15, 0.2) is 0 Å². The Labute approximate surface area is 151 Å². The first-order chi connectivity index (χ1) is 12.0. The van der Waals surface area contributed by atoms with Crippen LogP contribution in [-0.2, 0) is 20.1 Å². The fourth-order valence-electron chi connectivity index (χ4n) is 2.52. The number of hydrogen-bond acceptors (Lipinski definition) is 2. The molecule has 1 N–H and O–H groups in total. The molecule has 0 unspecified atom stereocenters. The molecule has 0 aliphatic heterocycles. The number of aryl methyl sites for hydroxylation is 2. The Morgan fingerprint density at radius 2 is 2.08 bits per heavy atom. The Balaban J connectivity index is 1.78. The highest BCUT2D eigenvalue weighted by Gasteiger charge is 2.17. The summed E-state index contributed by atoms with van der Waals surface area (Å²) < 4.78 is 7.39. The second-order valence-corrected chi connectivity index (χ2v) is 6.35. The molecule has 2 amide bonds. The van der Waals surface area contributed by atoms with Crippen molar-refractivity contribution in [1.82, 2.24) is 9.47 Å². The Morgan fingerprint density at radius 3 is 2.72 bits per heavy atom. The maximum Gasteiger partial charge on any atom is 0.322 e. The molecule has 2 aromatic heterocycles. The number of amides is 2. The van der Waals surface area contributed by atoms with Gasteiger partial charge in [0.05, 0.1) is 19.4 Å². The molecular weight excluding hydrogens is 338 g/mol. The molecule has 0 atom stereocenters. The predicted molar refractivity (Wildman–Crippen MR) is 98.6 cm³/mol. The molecular formula is C19H20ClN3O2. The maximum absolute atomic E-state index is 12.8. The summed E-state index contributed by atoms with van der Waals surface area (Å²) in [7, 11) is 1.96. The minimum Gasteiger partial charge on any atom is -0.467 e. The zero-order chi connectivity index (χ0) is 17.8. The smallest absolute Gasteiger partial charge is 0.322 e. The number of carbonyl (C=O) groups excluding carboxylic acids is 1. The SMILES string of the molecule is Cc1ccc(NC(=O)N(Cc2ccco2)Cc2cccn2C)cc1Cl. The fourth-order valence-corrected chi connectivity index (χ4v) is 2.70. The number of urea groups is 1. The van der Waals surface area contributed by atoms with Gasteiger partial charge in [-0.2, -0.15) is 0 Å². The van der Waals surface area contributed by atoms with E-state index in [2.05, 4.69) is 5.32 Å². The zero-order valence-electron chi connectivity index (χ0n) is 14.2. The van der Waals surface area contributed by atoms with Gasteiger partial charge in [0.25, 0.3) is 0 Å². The lowest BCUT2D eigenvalue weighted by Gasteiger charge is -2.22. The van der Waals surface area contributed by atoms with Gasteiger partial charge in [0.1, 0.15) is 5.76 Å². The molecule has 0 spiro atoms. The van der Waals surface area contributed by atoms with Gasteiger partial charge in [0.2, 0.25) is 0 Å². The summed E-state index contributed by atoms with van der Waals surface area (Å²) in [6, 6.07) is 12.9. The van der Waals surface area contributed by atoms with E-state index in [1.807, 2.05) is 61.1 Å². The molecule has 6 heteroatoms. The van der Waals surface area contributed by atoms with Gasteiger partial charge in [0, 0.05) is 29.6 Å². The van der Waals surface area contributed by atoms with E-state index in [9.17, 15) is 4.79 Å². The van der Waals surface area contributed by atoms with Gasteiger partial charge >= 0.3 is 6.03 Å². The predicted octanol–water partition coefficient (Wildman–Crippen LogP) is 4.81. The number of furan rings is 1. The molecule has 130 valence electrons. The van der Waals surface area contributed by atoms with Crippen molar-refractivity contribution in [3.63, 3.8) is 0 Å². The maximum atomic E-state index is 12.8. The lowest BCUT2D eigenvalue weighted by molar-refractivity contribution is 0.200. The normalized spacial score (nSPS) is 10.7. The number of aromatic nitrogens is 1. The highest BCUT2D eigenvalue weighted by Crippen LogP contribution is 2.21. The van der Waals surface area contributed by atoms with Crippen LogP contribution < -0.4 is 5.32 Å². The number of halogens is 1. The molecule has 3 rings (SSSR count). The van der Waals surface area contributed by atoms with E-state index in [1.165, 1.54) is 0 Å².